The molecule has 7 heteroatoms. The second-order valence-corrected chi connectivity index (χ2v) is 4.77. The second kappa shape index (κ2) is 7.09. The molecule has 0 bridgehead atoms. The van der Waals surface area contributed by atoms with Gasteiger partial charge < -0.3 is 14.7 Å². The zero-order chi connectivity index (χ0) is 15.3. The molecule has 0 unspecified atom stereocenters. The Morgan fingerprint density at radius 3 is 2.60 bits per heavy atom. The van der Waals surface area contributed by atoms with Gasteiger partial charge in [-0.25, -0.2) is 4.98 Å². The Morgan fingerprint density at radius 1 is 1.50 bits per heavy atom. The molecule has 110 valence electrons. The lowest BCUT2D eigenvalue weighted by atomic mass is 10.2. The third kappa shape index (κ3) is 4.09. The molecule has 1 aromatic heterocycles. The topological polar surface area (TPSA) is 79.7 Å². The van der Waals surface area contributed by atoms with E-state index in [2.05, 4.69) is 4.98 Å². The van der Waals surface area contributed by atoms with E-state index in [0.29, 0.717) is 6.61 Å². The first-order chi connectivity index (χ1) is 9.36. The van der Waals surface area contributed by atoms with Crippen molar-refractivity contribution in [3.05, 3.63) is 22.8 Å². The van der Waals surface area contributed by atoms with E-state index >= 15 is 0 Å². The van der Waals surface area contributed by atoms with Crippen molar-refractivity contribution in [1.82, 2.24) is 9.88 Å². The SMILES string of the molecule is CCOc1ncc(C(=O)N(CC(=O)O)C(C)C)cc1Cl. The third-order valence-corrected chi connectivity index (χ3v) is 2.80. The van der Waals surface area contributed by atoms with Gasteiger partial charge in [0.1, 0.15) is 11.6 Å². The van der Waals surface area contributed by atoms with Crippen LogP contribution >= 0.6 is 11.6 Å². The minimum atomic E-state index is -1.07. The van der Waals surface area contributed by atoms with Crippen LogP contribution in [0.2, 0.25) is 5.02 Å². The van der Waals surface area contributed by atoms with Gasteiger partial charge in [-0.05, 0) is 26.8 Å². The first-order valence-electron chi connectivity index (χ1n) is 6.17. The highest BCUT2D eigenvalue weighted by atomic mass is 35.5. The minimum Gasteiger partial charge on any atom is -0.480 e. The van der Waals surface area contributed by atoms with Gasteiger partial charge in [-0.1, -0.05) is 11.6 Å². The number of rotatable bonds is 6. The zero-order valence-electron chi connectivity index (χ0n) is 11.6. The van der Waals surface area contributed by atoms with E-state index in [-0.39, 0.29) is 29.1 Å². The fourth-order valence-electron chi connectivity index (χ4n) is 1.59. The van der Waals surface area contributed by atoms with Crippen molar-refractivity contribution in [3.63, 3.8) is 0 Å². The molecule has 0 aliphatic carbocycles. The fraction of sp³-hybridized carbons (Fsp3) is 0.462. The molecule has 20 heavy (non-hydrogen) atoms. The molecule has 1 rings (SSSR count). The number of carboxylic acids is 1. The Hall–Kier alpha value is -1.82. The number of hydrogen-bond donors (Lipinski definition) is 1. The summed E-state index contributed by atoms with van der Waals surface area (Å²) in [5.41, 5.74) is 0.230. The molecular weight excluding hydrogens is 284 g/mol. The molecule has 0 saturated heterocycles. The van der Waals surface area contributed by atoms with E-state index in [1.54, 1.807) is 20.8 Å². The Bertz CT molecular complexity index is 505. The average molecular weight is 301 g/mol. The van der Waals surface area contributed by atoms with Gasteiger partial charge in [0.25, 0.3) is 5.91 Å². The third-order valence-electron chi connectivity index (χ3n) is 2.53. The number of hydrogen-bond acceptors (Lipinski definition) is 4. The van der Waals surface area contributed by atoms with Crippen molar-refractivity contribution in [2.45, 2.75) is 26.8 Å². The van der Waals surface area contributed by atoms with Crippen LogP contribution in [-0.2, 0) is 4.79 Å². The van der Waals surface area contributed by atoms with Gasteiger partial charge in [-0.2, -0.15) is 0 Å². The predicted molar refractivity (Wildman–Crippen MR) is 74.2 cm³/mol. The van der Waals surface area contributed by atoms with Gasteiger partial charge >= 0.3 is 5.97 Å². The van der Waals surface area contributed by atoms with Crippen molar-refractivity contribution in [2.24, 2.45) is 0 Å². The van der Waals surface area contributed by atoms with Crippen molar-refractivity contribution in [2.75, 3.05) is 13.2 Å². The van der Waals surface area contributed by atoms with Crippen LogP contribution in [0.1, 0.15) is 31.1 Å². The molecule has 6 nitrogen and oxygen atoms in total. The summed E-state index contributed by atoms with van der Waals surface area (Å²) >= 11 is 5.97. The largest absolute Gasteiger partial charge is 0.480 e. The number of halogens is 1. The van der Waals surface area contributed by atoms with Crippen molar-refractivity contribution in [3.8, 4) is 5.88 Å². The van der Waals surface area contributed by atoms with E-state index in [1.807, 2.05) is 0 Å². The number of carboxylic acid groups (broad SMARTS) is 1. The average Bonchev–Trinajstić information content (AvgIpc) is 2.37. The van der Waals surface area contributed by atoms with Gasteiger partial charge in [-0.15, -0.1) is 0 Å². The van der Waals surface area contributed by atoms with Gasteiger partial charge in [0.05, 0.1) is 12.2 Å². The van der Waals surface area contributed by atoms with Gasteiger partial charge in [-0.3, -0.25) is 9.59 Å². The summed E-state index contributed by atoms with van der Waals surface area (Å²) < 4.78 is 5.18. The standard InChI is InChI=1S/C13H17ClN2O4/c1-4-20-12-10(14)5-9(6-15-12)13(19)16(8(2)3)7-11(17)18/h5-6,8H,4,7H2,1-3H3,(H,17,18). The summed E-state index contributed by atoms with van der Waals surface area (Å²) in [6.07, 6.45) is 1.33. The lowest BCUT2D eigenvalue weighted by molar-refractivity contribution is -0.138. The number of nitrogens with zero attached hydrogens (tertiary/aromatic N) is 2. The summed E-state index contributed by atoms with van der Waals surface area (Å²) in [4.78, 5) is 28.3. The lowest BCUT2D eigenvalue weighted by Gasteiger charge is -2.24. The molecule has 1 amide bonds. The number of aliphatic carboxylic acids is 1. The van der Waals surface area contributed by atoms with E-state index in [9.17, 15) is 9.59 Å². The van der Waals surface area contributed by atoms with E-state index in [4.69, 9.17) is 21.4 Å². The van der Waals surface area contributed by atoms with Crippen LogP contribution in [0, 0.1) is 0 Å². The van der Waals surface area contributed by atoms with E-state index in [0.717, 1.165) is 0 Å². The van der Waals surface area contributed by atoms with Gasteiger partial charge in [0.15, 0.2) is 0 Å². The van der Waals surface area contributed by atoms with Crippen LogP contribution in [0.3, 0.4) is 0 Å². The summed E-state index contributed by atoms with van der Waals surface area (Å²) in [5.74, 6) is -1.25. The van der Waals surface area contributed by atoms with Crippen LogP contribution in [0.15, 0.2) is 12.3 Å². The van der Waals surface area contributed by atoms with Crippen LogP contribution in [0.5, 0.6) is 5.88 Å². The molecular formula is C13H17ClN2O4. The number of carbonyl (C=O) groups excluding carboxylic acids is 1. The Morgan fingerprint density at radius 2 is 2.15 bits per heavy atom. The summed E-state index contributed by atoms with van der Waals surface area (Å²) in [7, 11) is 0. The Kier molecular flexibility index (Phi) is 5.76. The van der Waals surface area contributed by atoms with Crippen molar-refractivity contribution >= 4 is 23.5 Å². The molecule has 1 aromatic rings. The maximum absolute atomic E-state index is 12.3. The maximum atomic E-state index is 12.3. The molecule has 0 aromatic carbocycles. The summed E-state index contributed by atoms with van der Waals surface area (Å²) in [6, 6.07) is 1.18. The Labute approximate surface area is 122 Å². The molecule has 1 N–H and O–H groups in total. The smallest absolute Gasteiger partial charge is 0.323 e. The first kappa shape index (κ1) is 16.2. The number of carbonyl (C=O) groups is 2. The highest BCUT2D eigenvalue weighted by Crippen LogP contribution is 2.23. The van der Waals surface area contributed by atoms with Crippen molar-refractivity contribution in [1.29, 1.82) is 0 Å². The molecule has 0 fully saturated rings. The molecule has 0 aliphatic heterocycles. The molecule has 0 atom stereocenters. The molecule has 0 spiro atoms. The summed E-state index contributed by atoms with van der Waals surface area (Å²) in [5, 5.41) is 9.06. The van der Waals surface area contributed by atoms with Crippen LogP contribution in [0.4, 0.5) is 0 Å². The predicted octanol–water partition coefficient (Wildman–Crippen LogP) is 2.07. The number of ether oxygens (including phenoxy) is 1. The number of pyridine rings is 1. The second-order valence-electron chi connectivity index (χ2n) is 4.36. The fourth-order valence-corrected chi connectivity index (χ4v) is 1.81. The molecule has 0 radical (unpaired) electrons. The van der Waals surface area contributed by atoms with Crippen molar-refractivity contribution < 1.29 is 19.4 Å². The van der Waals surface area contributed by atoms with Crippen LogP contribution < -0.4 is 4.74 Å². The number of amides is 1. The highest BCUT2D eigenvalue weighted by Gasteiger charge is 2.22. The van der Waals surface area contributed by atoms with Gasteiger partial charge in [0.2, 0.25) is 5.88 Å². The highest BCUT2D eigenvalue weighted by molar-refractivity contribution is 6.32. The normalized spacial score (nSPS) is 10.4. The van der Waals surface area contributed by atoms with Gasteiger partial charge in [0, 0.05) is 12.2 Å². The van der Waals surface area contributed by atoms with Crippen LogP contribution in [0.25, 0.3) is 0 Å². The zero-order valence-corrected chi connectivity index (χ0v) is 12.3. The lowest BCUT2D eigenvalue weighted by Crippen LogP contribution is -2.40. The Balaban J connectivity index is 3.00. The number of aromatic nitrogens is 1. The quantitative estimate of drug-likeness (QED) is 0.870. The first-order valence-corrected chi connectivity index (χ1v) is 6.55. The minimum absolute atomic E-state index is 0.219. The maximum Gasteiger partial charge on any atom is 0.323 e. The van der Waals surface area contributed by atoms with Crippen LogP contribution in [-0.4, -0.2) is 46.1 Å². The monoisotopic (exact) mass is 300 g/mol. The molecule has 0 saturated carbocycles. The molecule has 0 aliphatic rings. The summed E-state index contributed by atoms with van der Waals surface area (Å²) in [6.45, 7) is 5.32. The molecule has 1 heterocycles. The van der Waals surface area contributed by atoms with E-state index < -0.39 is 11.9 Å². The van der Waals surface area contributed by atoms with E-state index in [1.165, 1.54) is 17.2 Å².